The van der Waals surface area contributed by atoms with Crippen LogP contribution in [0.4, 0.5) is 0 Å². The minimum atomic E-state index is -0.360. The summed E-state index contributed by atoms with van der Waals surface area (Å²) in [6.07, 6.45) is 3.61. The summed E-state index contributed by atoms with van der Waals surface area (Å²) in [6.45, 7) is 4.24. The van der Waals surface area contributed by atoms with Gasteiger partial charge in [0.1, 0.15) is 0 Å². The monoisotopic (exact) mass is 468 g/mol. The zero-order valence-electron chi connectivity index (χ0n) is 20.9. The molecule has 1 atom stereocenters. The van der Waals surface area contributed by atoms with E-state index in [4.69, 9.17) is 0 Å². The molecule has 0 spiro atoms. The van der Waals surface area contributed by atoms with Gasteiger partial charge in [0.05, 0.1) is 11.6 Å². The first-order valence-corrected chi connectivity index (χ1v) is 13.3. The highest BCUT2D eigenvalue weighted by Gasteiger charge is 2.48. The molecule has 0 saturated carbocycles. The summed E-state index contributed by atoms with van der Waals surface area (Å²) in [5.74, 6) is 0. The summed E-state index contributed by atoms with van der Waals surface area (Å²) < 4.78 is 2.65. The molecule has 7 rings (SSSR count). The fourth-order valence-corrected chi connectivity index (χ4v) is 7.16. The summed E-state index contributed by atoms with van der Waals surface area (Å²) >= 11 is 0. The van der Waals surface area contributed by atoms with E-state index in [0.29, 0.717) is 6.04 Å². The van der Waals surface area contributed by atoms with Crippen LogP contribution in [0.15, 0.2) is 109 Å². The van der Waals surface area contributed by atoms with Gasteiger partial charge in [-0.3, -0.25) is 4.90 Å². The van der Waals surface area contributed by atoms with Crippen LogP contribution in [0.2, 0.25) is 0 Å². The van der Waals surface area contributed by atoms with E-state index in [9.17, 15) is 0 Å². The molecular weight excluding hydrogens is 436 g/mol. The van der Waals surface area contributed by atoms with Gasteiger partial charge in [0.2, 0.25) is 0 Å². The Kier molecular flexibility index (Phi) is 5.11. The first-order valence-electron chi connectivity index (χ1n) is 13.3. The lowest BCUT2D eigenvalue weighted by molar-refractivity contribution is 0.0597. The molecule has 2 heterocycles. The maximum atomic E-state index is 2.84. The van der Waals surface area contributed by atoms with E-state index in [-0.39, 0.29) is 5.54 Å². The molecule has 0 bridgehead atoms. The Labute approximate surface area is 213 Å². The van der Waals surface area contributed by atoms with Crippen molar-refractivity contribution in [1.29, 1.82) is 0 Å². The molecular formula is C34H32N2. The molecule has 0 radical (unpaired) electrons. The molecule has 0 unspecified atom stereocenters. The molecule has 1 aromatic heterocycles. The number of hydrogen-bond acceptors (Lipinski definition) is 1. The first kappa shape index (κ1) is 21.6. The van der Waals surface area contributed by atoms with Crippen molar-refractivity contribution in [3.63, 3.8) is 0 Å². The van der Waals surface area contributed by atoms with Gasteiger partial charge in [-0.2, -0.15) is 0 Å². The van der Waals surface area contributed by atoms with E-state index in [1.54, 1.807) is 11.3 Å². The van der Waals surface area contributed by atoms with Crippen molar-refractivity contribution in [2.75, 3.05) is 6.54 Å². The quantitative estimate of drug-likeness (QED) is 0.246. The van der Waals surface area contributed by atoms with Crippen molar-refractivity contribution in [1.82, 2.24) is 9.47 Å². The van der Waals surface area contributed by atoms with Gasteiger partial charge in [0, 0.05) is 29.7 Å². The molecule has 4 aromatic carbocycles. The summed E-state index contributed by atoms with van der Waals surface area (Å²) in [6, 6.07) is 41.0. The fraction of sp³-hybridized carbons (Fsp3) is 0.235. The molecule has 0 fully saturated rings. The highest BCUT2D eigenvalue weighted by molar-refractivity contribution is 5.87. The highest BCUT2D eigenvalue weighted by Crippen LogP contribution is 2.51. The molecule has 0 saturated heterocycles. The summed E-state index contributed by atoms with van der Waals surface area (Å²) in [5, 5.41) is 1.47. The Morgan fingerprint density at radius 1 is 0.694 bits per heavy atom. The zero-order valence-corrected chi connectivity index (χ0v) is 20.9. The maximum Gasteiger partial charge on any atom is 0.0979 e. The van der Waals surface area contributed by atoms with Crippen LogP contribution in [-0.2, 0) is 18.5 Å². The molecule has 36 heavy (non-hydrogen) atoms. The van der Waals surface area contributed by atoms with Crippen LogP contribution >= 0.6 is 0 Å². The average Bonchev–Trinajstić information content (AvgIpc) is 3.26. The second kappa shape index (κ2) is 8.50. The van der Waals surface area contributed by atoms with Gasteiger partial charge >= 0.3 is 0 Å². The lowest BCUT2D eigenvalue weighted by Crippen LogP contribution is -2.54. The Balaban J connectivity index is 1.53. The van der Waals surface area contributed by atoms with Gasteiger partial charge in [-0.05, 0) is 60.6 Å². The third-order valence-corrected chi connectivity index (χ3v) is 8.53. The first-order chi connectivity index (χ1) is 17.8. The Hall–Kier alpha value is -3.62. The molecule has 178 valence electrons. The van der Waals surface area contributed by atoms with Gasteiger partial charge in [-0.15, -0.1) is 0 Å². The SMILES string of the molecule is Cc1ccc2c(c1)c1c3n2CCN(C(c2ccccc2)(c2ccccc2)c2ccccc2)[C@@H]3CCC1. The minimum absolute atomic E-state index is 0.360. The molecule has 1 aliphatic heterocycles. The smallest absolute Gasteiger partial charge is 0.0979 e. The highest BCUT2D eigenvalue weighted by atomic mass is 15.3. The summed E-state index contributed by atoms with van der Waals surface area (Å²) in [7, 11) is 0. The third kappa shape index (κ3) is 3.07. The molecule has 0 N–H and O–H groups in total. The third-order valence-electron chi connectivity index (χ3n) is 8.53. The average molecular weight is 469 g/mol. The van der Waals surface area contributed by atoms with Crippen molar-refractivity contribution >= 4 is 10.9 Å². The zero-order chi connectivity index (χ0) is 24.1. The molecule has 1 aliphatic carbocycles. The number of nitrogens with zero attached hydrogens (tertiary/aromatic N) is 2. The molecule has 2 nitrogen and oxygen atoms in total. The number of aryl methyl sites for hydroxylation is 2. The van der Waals surface area contributed by atoms with Crippen molar-refractivity contribution < 1.29 is 0 Å². The molecule has 2 aliphatic rings. The van der Waals surface area contributed by atoms with Crippen LogP contribution in [0, 0.1) is 6.92 Å². The van der Waals surface area contributed by atoms with Gasteiger partial charge < -0.3 is 4.57 Å². The number of fused-ring (bicyclic) bond motifs is 3. The predicted octanol–water partition coefficient (Wildman–Crippen LogP) is 7.63. The topological polar surface area (TPSA) is 8.17 Å². The van der Waals surface area contributed by atoms with E-state index in [1.807, 2.05) is 0 Å². The Bertz CT molecular complexity index is 1420. The van der Waals surface area contributed by atoms with Gasteiger partial charge in [-0.1, -0.05) is 103 Å². The van der Waals surface area contributed by atoms with E-state index in [1.165, 1.54) is 52.4 Å². The molecule has 2 heteroatoms. The van der Waals surface area contributed by atoms with Gasteiger partial charge in [-0.25, -0.2) is 0 Å². The number of rotatable bonds is 4. The van der Waals surface area contributed by atoms with Crippen LogP contribution in [-0.4, -0.2) is 16.0 Å². The number of benzene rings is 4. The Morgan fingerprint density at radius 3 is 1.86 bits per heavy atom. The lowest BCUT2D eigenvalue weighted by atomic mass is 9.73. The Morgan fingerprint density at radius 2 is 1.28 bits per heavy atom. The van der Waals surface area contributed by atoms with E-state index in [0.717, 1.165) is 13.1 Å². The lowest BCUT2D eigenvalue weighted by Gasteiger charge is -2.52. The standard InChI is InChI=1S/C34H32N2/c1-25-20-21-31-30(24-25)29-18-11-19-32-33(29)35(31)22-23-36(32)34(26-12-5-2-6-13-26,27-14-7-3-8-15-27)28-16-9-4-10-17-28/h2-10,12-17,20-21,24,32H,11,18-19,22-23H2,1H3/t32-/m1/s1. The van der Waals surface area contributed by atoms with Crippen LogP contribution in [0.25, 0.3) is 10.9 Å². The predicted molar refractivity (Wildman–Crippen MR) is 148 cm³/mol. The van der Waals surface area contributed by atoms with E-state index >= 15 is 0 Å². The van der Waals surface area contributed by atoms with Gasteiger partial charge in [0.25, 0.3) is 0 Å². The van der Waals surface area contributed by atoms with Crippen LogP contribution < -0.4 is 0 Å². The van der Waals surface area contributed by atoms with Gasteiger partial charge in [0.15, 0.2) is 0 Å². The normalized spacial score (nSPS) is 17.8. The number of hydrogen-bond donors (Lipinski definition) is 0. The largest absolute Gasteiger partial charge is 0.342 e. The maximum absolute atomic E-state index is 2.84. The second-order valence-corrected chi connectivity index (χ2v) is 10.4. The molecule has 5 aromatic rings. The minimum Gasteiger partial charge on any atom is -0.342 e. The van der Waals surface area contributed by atoms with Crippen molar-refractivity contribution in [2.45, 2.75) is 44.3 Å². The van der Waals surface area contributed by atoms with Crippen molar-refractivity contribution in [2.24, 2.45) is 0 Å². The van der Waals surface area contributed by atoms with Crippen molar-refractivity contribution in [3.05, 3.63) is 143 Å². The number of aromatic nitrogens is 1. The second-order valence-electron chi connectivity index (χ2n) is 10.4. The summed E-state index contributed by atoms with van der Waals surface area (Å²) in [5.41, 5.74) is 9.58. The summed E-state index contributed by atoms with van der Waals surface area (Å²) in [4.78, 5) is 2.84. The van der Waals surface area contributed by atoms with Crippen LogP contribution in [0.3, 0.4) is 0 Å². The van der Waals surface area contributed by atoms with Crippen LogP contribution in [0.1, 0.15) is 52.4 Å². The van der Waals surface area contributed by atoms with E-state index < -0.39 is 0 Å². The van der Waals surface area contributed by atoms with Crippen LogP contribution in [0.5, 0.6) is 0 Å². The van der Waals surface area contributed by atoms with Crippen molar-refractivity contribution in [3.8, 4) is 0 Å². The molecule has 0 amide bonds. The fourth-order valence-electron chi connectivity index (χ4n) is 7.16. The van der Waals surface area contributed by atoms with E-state index in [2.05, 4.69) is 126 Å².